The second-order valence-corrected chi connectivity index (χ2v) is 5.73. The lowest BCUT2D eigenvalue weighted by atomic mass is 10.1. The molecule has 0 bridgehead atoms. The molecule has 0 aliphatic heterocycles. The van der Waals surface area contributed by atoms with E-state index in [-0.39, 0.29) is 11.9 Å². The molecule has 1 nitrogen and oxygen atoms in total. The van der Waals surface area contributed by atoms with E-state index in [0.29, 0.717) is 10.6 Å². The van der Waals surface area contributed by atoms with Gasteiger partial charge in [-0.25, -0.2) is 4.39 Å². The molecule has 0 saturated heterocycles. The number of hydrogen-bond acceptors (Lipinski definition) is 2. The summed E-state index contributed by atoms with van der Waals surface area (Å²) in [6.45, 7) is 4.08. The van der Waals surface area contributed by atoms with Crippen molar-refractivity contribution in [3.05, 3.63) is 56.0 Å². The van der Waals surface area contributed by atoms with Gasteiger partial charge in [0.15, 0.2) is 0 Å². The van der Waals surface area contributed by atoms with Gasteiger partial charge < -0.3 is 5.73 Å². The van der Waals surface area contributed by atoms with Crippen LogP contribution in [0.15, 0.2) is 24.3 Å². The molecule has 0 fully saturated rings. The van der Waals surface area contributed by atoms with Crippen LogP contribution in [0.3, 0.4) is 0 Å². The third-order valence-corrected chi connectivity index (χ3v) is 4.36. The molecular weight excluding hydrogens is 257 g/mol. The van der Waals surface area contributed by atoms with Gasteiger partial charge in [-0.1, -0.05) is 11.6 Å². The lowest BCUT2D eigenvalue weighted by Gasteiger charge is -2.12. The molecule has 1 heterocycles. The summed E-state index contributed by atoms with van der Waals surface area (Å²) in [6.07, 6.45) is 0. The van der Waals surface area contributed by atoms with Crippen molar-refractivity contribution < 1.29 is 4.39 Å². The summed E-state index contributed by atoms with van der Waals surface area (Å²) in [4.78, 5) is 2.23. The van der Waals surface area contributed by atoms with Gasteiger partial charge in [-0.15, -0.1) is 11.3 Å². The summed E-state index contributed by atoms with van der Waals surface area (Å²) in [6, 6.07) is 5.95. The Morgan fingerprint density at radius 1 is 1.29 bits per heavy atom. The van der Waals surface area contributed by atoms with E-state index in [0.717, 1.165) is 4.88 Å². The normalized spacial score (nSPS) is 12.8. The minimum atomic E-state index is -0.365. The molecule has 90 valence electrons. The van der Waals surface area contributed by atoms with Crippen molar-refractivity contribution in [3.8, 4) is 0 Å². The molecule has 0 aliphatic carbocycles. The van der Waals surface area contributed by atoms with Crippen LogP contribution in [0.25, 0.3) is 0 Å². The first-order chi connectivity index (χ1) is 7.99. The Morgan fingerprint density at radius 3 is 2.59 bits per heavy atom. The second kappa shape index (κ2) is 4.77. The molecule has 1 atom stereocenters. The predicted molar refractivity (Wildman–Crippen MR) is 71.2 cm³/mol. The van der Waals surface area contributed by atoms with Crippen LogP contribution in [0.5, 0.6) is 0 Å². The van der Waals surface area contributed by atoms with E-state index in [2.05, 4.69) is 0 Å². The number of thiophene rings is 1. The van der Waals surface area contributed by atoms with Crippen LogP contribution in [0, 0.1) is 19.7 Å². The van der Waals surface area contributed by atoms with Crippen LogP contribution in [0.2, 0.25) is 5.02 Å². The third kappa shape index (κ3) is 2.51. The van der Waals surface area contributed by atoms with Gasteiger partial charge >= 0.3 is 0 Å². The highest BCUT2D eigenvalue weighted by Crippen LogP contribution is 2.32. The summed E-state index contributed by atoms with van der Waals surface area (Å²) in [5.74, 6) is -0.315. The van der Waals surface area contributed by atoms with E-state index in [9.17, 15) is 4.39 Å². The minimum absolute atomic E-state index is 0.315. The lowest BCUT2D eigenvalue weighted by Crippen LogP contribution is -2.11. The quantitative estimate of drug-likeness (QED) is 0.869. The van der Waals surface area contributed by atoms with Gasteiger partial charge in [-0.3, -0.25) is 0 Å². The first-order valence-electron chi connectivity index (χ1n) is 5.26. The molecule has 1 aromatic carbocycles. The number of benzene rings is 1. The lowest BCUT2D eigenvalue weighted by molar-refractivity contribution is 0.624. The number of aryl methyl sites for hydroxylation is 2. The monoisotopic (exact) mass is 269 g/mol. The van der Waals surface area contributed by atoms with E-state index >= 15 is 0 Å². The molecule has 0 amide bonds. The topological polar surface area (TPSA) is 26.0 Å². The van der Waals surface area contributed by atoms with Gasteiger partial charge in [0, 0.05) is 14.8 Å². The van der Waals surface area contributed by atoms with Crippen molar-refractivity contribution in [2.45, 2.75) is 19.9 Å². The maximum atomic E-state index is 13.2. The molecular formula is C13H13ClFNS. The standard InChI is InChI=1S/C13H13ClFNS/c1-7-5-12(17-8(7)2)13(16)10-6-9(15)3-4-11(10)14/h3-6,13H,16H2,1-2H3. The van der Waals surface area contributed by atoms with Gasteiger partial charge in [-0.2, -0.15) is 0 Å². The molecule has 2 N–H and O–H groups in total. The summed E-state index contributed by atoms with van der Waals surface area (Å²) in [5.41, 5.74) is 7.96. The van der Waals surface area contributed by atoms with E-state index in [1.807, 2.05) is 19.9 Å². The molecule has 0 radical (unpaired) electrons. The Morgan fingerprint density at radius 2 is 2.00 bits per heavy atom. The summed E-state index contributed by atoms with van der Waals surface area (Å²) in [7, 11) is 0. The van der Waals surface area contributed by atoms with Crippen molar-refractivity contribution in [2.75, 3.05) is 0 Å². The highest BCUT2D eigenvalue weighted by Gasteiger charge is 2.16. The van der Waals surface area contributed by atoms with Crippen molar-refractivity contribution in [2.24, 2.45) is 5.73 Å². The van der Waals surface area contributed by atoms with E-state index in [1.54, 1.807) is 17.4 Å². The Hall–Kier alpha value is -0.900. The zero-order valence-electron chi connectivity index (χ0n) is 9.63. The Balaban J connectivity index is 2.42. The molecule has 1 aromatic heterocycles. The molecule has 2 rings (SSSR count). The Kier molecular flexibility index (Phi) is 3.52. The van der Waals surface area contributed by atoms with E-state index < -0.39 is 0 Å². The fourth-order valence-corrected chi connectivity index (χ4v) is 2.96. The summed E-state index contributed by atoms with van der Waals surface area (Å²) in [5, 5.41) is 0.502. The Bertz CT molecular complexity index is 531. The summed E-state index contributed by atoms with van der Waals surface area (Å²) < 4.78 is 13.2. The van der Waals surface area contributed by atoms with Crippen molar-refractivity contribution in [3.63, 3.8) is 0 Å². The fourth-order valence-electron chi connectivity index (χ4n) is 1.66. The van der Waals surface area contributed by atoms with Gasteiger partial charge in [0.25, 0.3) is 0 Å². The van der Waals surface area contributed by atoms with Gasteiger partial charge in [0.2, 0.25) is 0 Å². The number of nitrogens with two attached hydrogens (primary N) is 1. The Labute approximate surface area is 109 Å². The van der Waals surface area contributed by atoms with Gasteiger partial charge in [0.1, 0.15) is 5.82 Å². The third-order valence-electron chi connectivity index (χ3n) is 2.78. The minimum Gasteiger partial charge on any atom is -0.320 e. The fraction of sp³-hybridized carbons (Fsp3) is 0.231. The average molecular weight is 270 g/mol. The largest absolute Gasteiger partial charge is 0.320 e. The van der Waals surface area contributed by atoms with Gasteiger partial charge in [0.05, 0.1) is 6.04 Å². The zero-order valence-corrected chi connectivity index (χ0v) is 11.2. The molecule has 17 heavy (non-hydrogen) atoms. The smallest absolute Gasteiger partial charge is 0.123 e. The van der Waals surface area contributed by atoms with Crippen molar-refractivity contribution >= 4 is 22.9 Å². The molecule has 4 heteroatoms. The van der Waals surface area contributed by atoms with Crippen LogP contribution in [-0.2, 0) is 0 Å². The maximum absolute atomic E-state index is 13.2. The number of rotatable bonds is 2. The molecule has 0 saturated carbocycles. The molecule has 2 aromatic rings. The highest BCUT2D eigenvalue weighted by molar-refractivity contribution is 7.12. The summed E-state index contributed by atoms with van der Waals surface area (Å²) >= 11 is 7.67. The van der Waals surface area contributed by atoms with Crippen LogP contribution < -0.4 is 5.73 Å². The van der Waals surface area contributed by atoms with Crippen LogP contribution in [0.4, 0.5) is 4.39 Å². The predicted octanol–water partition coefficient (Wildman–Crippen LogP) is 4.21. The first kappa shape index (κ1) is 12.6. The van der Waals surface area contributed by atoms with Crippen LogP contribution >= 0.6 is 22.9 Å². The molecule has 1 unspecified atom stereocenters. The van der Waals surface area contributed by atoms with E-state index in [1.165, 1.54) is 22.6 Å². The van der Waals surface area contributed by atoms with Crippen LogP contribution in [0.1, 0.15) is 26.9 Å². The second-order valence-electron chi connectivity index (χ2n) is 4.03. The van der Waals surface area contributed by atoms with Gasteiger partial charge in [-0.05, 0) is 49.2 Å². The first-order valence-corrected chi connectivity index (χ1v) is 6.46. The maximum Gasteiger partial charge on any atom is 0.123 e. The molecule has 0 aliphatic rings. The highest BCUT2D eigenvalue weighted by atomic mass is 35.5. The van der Waals surface area contributed by atoms with Crippen molar-refractivity contribution in [1.82, 2.24) is 0 Å². The number of halogens is 2. The van der Waals surface area contributed by atoms with Crippen LogP contribution in [-0.4, -0.2) is 0 Å². The average Bonchev–Trinajstić information content (AvgIpc) is 2.62. The van der Waals surface area contributed by atoms with E-state index in [4.69, 9.17) is 17.3 Å². The number of hydrogen-bond donors (Lipinski definition) is 1. The molecule has 0 spiro atoms. The SMILES string of the molecule is Cc1cc(C(N)c2cc(F)ccc2Cl)sc1C. The zero-order chi connectivity index (χ0) is 12.6. The van der Waals surface area contributed by atoms with Crippen molar-refractivity contribution in [1.29, 1.82) is 0 Å².